The molecule has 0 saturated carbocycles. The number of carbonyl (C=O) groups is 2. The van der Waals surface area contributed by atoms with Gasteiger partial charge in [-0.3, -0.25) is 4.79 Å². The third kappa shape index (κ3) is 3.40. The molecule has 108 valence electrons. The van der Waals surface area contributed by atoms with Crippen LogP contribution in [0, 0.1) is 0 Å². The van der Waals surface area contributed by atoms with E-state index >= 15 is 0 Å². The summed E-state index contributed by atoms with van der Waals surface area (Å²) in [7, 11) is 0. The first-order valence-corrected chi connectivity index (χ1v) is 6.44. The molecule has 2 rings (SSSR count). The number of aliphatic carboxylic acids is 1. The number of carboxylic acid groups (broad SMARTS) is 1. The second-order valence-corrected chi connectivity index (χ2v) is 4.97. The molecule has 6 nitrogen and oxygen atoms in total. The molecule has 0 spiro atoms. The molecule has 1 amide bonds. The Balaban J connectivity index is 1.94. The lowest BCUT2D eigenvalue weighted by atomic mass is 10.2. The van der Waals surface area contributed by atoms with E-state index in [-0.39, 0.29) is 19.6 Å². The van der Waals surface area contributed by atoms with Gasteiger partial charge in [0.05, 0.1) is 6.10 Å². The predicted octanol–water partition coefficient (Wildman–Crippen LogP) is 0.765. The average Bonchev–Trinajstić information content (AvgIpc) is 2.80. The largest absolute Gasteiger partial charge is 0.484 e. The number of nitrogens with zero attached hydrogens (tertiary/aromatic N) is 1. The summed E-state index contributed by atoms with van der Waals surface area (Å²) in [5.74, 6) is -1.13. The molecule has 0 aliphatic carbocycles. The van der Waals surface area contributed by atoms with Crippen LogP contribution in [0.2, 0.25) is 5.02 Å². The Labute approximate surface area is 120 Å². The molecule has 1 aromatic carbocycles. The number of benzene rings is 1. The van der Waals surface area contributed by atoms with Gasteiger partial charge in [-0.15, -0.1) is 0 Å². The van der Waals surface area contributed by atoms with Gasteiger partial charge in [0.15, 0.2) is 6.61 Å². The maximum absolute atomic E-state index is 11.9. The van der Waals surface area contributed by atoms with Crippen LogP contribution in [-0.2, 0) is 9.59 Å². The van der Waals surface area contributed by atoms with Crippen LogP contribution in [0.1, 0.15) is 6.42 Å². The molecule has 1 heterocycles. The molecule has 1 fully saturated rings. The minimum atomic E-state index is -1.12. The van der Waals surface area contributed by atoms with E-state index in [1.807, 2.05) is 0 Å². The highest BCUT2D eigenvalue weighted by atomic mass is 35.5. The summed E-state index contributed by atoms with van der Waals surface area (Å²) in [4.78, 5) is 24.1. The number of carbonyl (C=O) groups excluding carboxylic acids is 1. The van der Waals surface area contributed by atoms with Crippen molar-refractivity contribution in [3.8, 4) is 5.75 Å². The highest BCUT2D eigenvalue weighted by Gasteiger charge is 2.38. The van der Waals surface area contributed by atoms with Gasteiger partial charge in [-0.2, -0.15) is 0 Å². The van der Waals surface area contributed by atoms with E-state index in [2.05, 4.69) is 0 Å². The minimum Gasteiger partial charge on any atom is -0.484 e. The number of ether oxygens (including phenoxy) is 1. The Kier molecular flexibility index (Phi) is 4.46. The lowest BCUT2D eigenvalue weighted by molar-refractivity contribution is -0.148. The third-order valence-electron chi connectivity index (χ3n) is 3.06. The van der Waals surface area contributed by atoms with Gasteiger partial charge in [-0.1, -0.05) is 11.6 Å². The molecule has 0 aromatic heterocycles. The topological polar surface area (TPSA) is 87.1 Å². The van der Waals surface area contributed by atoms with E-state index in [1.165, 1.54) is 0 Å². The number of aliphatic hydroxyl groups is 1. The quantitative estimate of drug-likeness (QED) is 0.857. The number of amides is 1. The lowest BCUT2D eigenvalue weighted by Gasteiger charge is -2.21. The highest BCUT2D eigenvalue weighted by molar-refractivity contribution is 6.30. The van der Waals surface area contributed by atoms with E-state index in [4.69, 9.17) is 21.4 Å². The van der Waals surface area contributed by atoms with Gasteiger partial charge in [-0.05, 0) is 24.3 Å². The number of hydrogen-bond acceptors (Lipinski definition) is 4. The van der Waals surface area contributed by atoms with Gasteiger partial charge in [0, 0.05) is 18.0 Å². The van der Waals surface area contributed by atoms with E-state index in [9.17, 15) is 14.7 Å². The zero-order valence-electron chi connectivity index (χ0n) is 10.5. The fraction of sp³-hybridized carbons (Fsp3) is 0.385. The summed E-state index contributed by atoms with van der Waals surface area (Å²) < 4.78 is 5.27. The first kappa shape index (κ1) is 14.6. The van der Waals surface area contributed by atoms with Crippen LogP contribution < -0.4 is 4.74 Å². The molecular formula is C13H14ClNO5. The number of hydrogen-bond donors (Lipinski definition) is 2. The van der Waals surface area contributed by atoms with Crippen molar-refractivity contribution in [3.05, 3.63) is 29.3 Å². The summed E-state index contributed by atoms with van der Waals surface area (Å²) in [5.41, 5.74) is 0. The Morgan fingerprint density at radius 3 is 2.60 bits per heavy atom. The van der Waals surface area contributed by atoms with Gasteiger partial charge < -0.3 is 19.8 Å². The summed E-state index contributed by atoms with van der Waals surface area (Å²) in [6.45, 7) is -0.266. The molecular weight excluding hydrogens is 286 g/mol. The van der Waals surface area contributed by atoms with Crippen LogP contribution in [0.25, 0.3) is 0 Å². The maximum Gasteiger partial charge on any atom is 0.326 e. The van der Waals surface area contributed by atoms with Crippen LogP contribution in [0.4, 0.5) is 0 Å². The molecule has 0 radical (unpaired) electrons. The van der Waals surface area contributed by atoms with Crippen molar-refractivity contribution < 1.29 is 24.5 Å². The zero-order chi connectivity index (χ0) is 14.7. The monoisotopic (exact) mass is 299 g/mol. The van der Waals surface area contributed by atoms with Gasteiger partial charge >= 0.3 is 5.97 Å². The van der Waals surface area contributed by atoms with Crippen LogP contribution in [0.15, 0.2) is 24.3 Å². The average molecular weight is 300 g/mol. The predicted molar refractivity (Wildman–Crippen MR) is 70.7 cm³/mol. The normalized spacial score (nSPS) is 21.8. The van der Waals surface area contributed by atoms with Gasteiger partial charge in [-0.25, -0.2) is 4.79 Å². The van der Waals surface area contributed by atoms with E-state index in [1.54, 1.807) is 24.3 Å². The van der Waals surface area contributed by atoms with Gasteiger partial charge in [0.1, 0.15) is 11.8 Å². The van der Waals surface area contributed by atoms with Gasteiger partial charge in [0.25, 0.3) is 5.91 Å². The van der Waals surface area contributed by atoms with Gasteiger partial charge in [0.2, 0.25) is 0 Å². The summed E-state index contributed by atoms with van der Waals surface area (Å²) in [6, 6.07) is 5.49. The van der Waals surface area contributed by atoms with Crippen LogP contribution in [-0.4, -0.2) is 52.3 Å². The SMILES string of the molecule is O=C(O)[C@@H]1C[C@@H](O)CN1C(=O)COc1ccc(Cl)cc1. The lowest BCUT2D eigenvalue weighted by Crippen LogP contribution is -2.42. The van der Waals surface area contributed by atoms with Crippen molar-refractivity contribution in [3.63, 3.8) is 0 Å². The number of carboxylic acids is 1. The summed E-state index contributed by atoms with van der Waals surface area (Å²) >= 11 is 5.72. The zero-order valence-corrected chi connectivity index (χ0v) is 11.3. The van der Waals surface area contributed by atoms with Crippen LogP contribution in [0.5, 0.6) is 5.75 Å². The molecule has 1 aliphatic rings. The molecule has 0 unspecified atom stereocenters. The summed E-state index contributed by atoms with van der Waals surface area (Å²) in [6.07, 6.45) is -0.766. The Bertz CT molecular complexity index is 504. The van der Waals surface area contributed by atoms with E-state index in [0.717, 1.165) is 4.90 Å². The Hall–Kier alpha value is -1.79. The van der Waals surface area contributed by atoms with Crippen molar-refractivity contribution >= 4 is 23.5 Å². The van der Waals surface area contributed by atoms with Crippen molar-refractivity contribution in [1.29, 1.82) is 0 Å². The standard InChI is InChI=1S/C13H14ClNO5/c14-8-1-3-10(4-2-8)20-7-12(17)15-6-9(16)5-11(15)13(18)19/h1-4,9,11,16H,5-7H2,(H,18,19)/t9-,11+/m1/s1. The molecule has 1 aliphatic heterocycles. The number of β-amino-alcohol motifs (C(OH)–C–C–N with tert-alkyl or cyclic N) is 1. The molecule has 20 heavy (non-hydrogen) atoms. The minimum absolute atomic E-state index is 0.0137. The van der Waals surface area contributed by atoms with E-state index in [0.29, 0.717) is 10.8 Å². The van der Waals surface area contributed by atoms with E-state index < -0.39 is 24.0 Å². The van der Waals surface area contributed by atoms with Crippen molar-refractivity contribution in [1.82, 2.24) is 4.90 Å². The summed E-state index contributed by atoms with van der Waals surface area (Å²) in [5, 5.41) is 19.0. The number of likely N-dealkylation sites (tertiary alicyclic amines) is 1. The maximum atomic E-state index is 11.9. The van der Waals surface area contributed by atoms with Crippen LogP contribution >= 0.6 is 11.6 Å². The number of halogens is 1. The molecule has 1 saturated heterocycles. The van der Waals surface area contributed by atoms with Crippen molar-refractivity contribution in [2.24, 2.45) is 0 Å². The fourth-order valence-electron chi connectivity index (χ4n) is 2.08. The Morgan fingerprint density at radius 1 is 1.35 bits per heavy atom. The molecule has 1 aromatic rings. The number of aliphatic hydroxyl groups excluding tert-OH is 1. The Morgan fingerprint density at radius 2 is 2.00 bits per heavy atom. The smallest absolute Gasteiger partial charge is 0.326 e. The first-order valence-electron chi connectivity index (χ1n) is 6.06. The van der Waals surface area contributed by atoms with Crippen LogP contribution in [0.3, 0.4) is 0 Å². The molecule has 7 heteroatoms. The number of rotatable bonds is 4. The van der Waals surface area contributed by atoms with Crippen molar-refractivity contribution in [2.45, 2.75) is 18.6 Å². The molecule has 2 N–H and O–H groups in total. The second kappa shape index (κ2) is 6.11. The second-order valence-electron chi connectivity index (χ2n) is 4.53. The van der Waals surface area contributed by atoms with Crippen molar-refractivity contribution in [2.75, 3.05) is 13.2 Å². The molecule has 0 bridgehead atoms. The first-order chi connectivity index (χ1) is 9.47. The fourth-order valence-corrected chi connectivity index (χ4v) is 2.21. The molecule has 2 atom stereocenters. The highest BCUT2D eigenvalue weighted by Crippen LogP contribution is 2.19. The third-order valence-corrected chi connectivity index (χ3v) is 3.31.